The van der Waals surface area contributed by atoms with Gasteiger partial charge in [0.05, 0.1) is 26.2 Å². The Balaban J connectivity index is 0.000000173. The standard InChI is InChI=1S/C43H44N2O3.C34H36N2O3/c1-2-34-29-38-30-36(17-19-39(38)44-43(34)46)42(37-18-20-40-41(31-37)48-28-27-47-40)35-21-25-45(26-22-35,23-9-15-32-11-5-3-6-12-32)24-10-16-33-13-7-4-8-14-33;1-2-25-21-29-22-27(10-12-30(29)35-34(25)37)33(28-11-13-31-32(23-28)39-20-19-38-31)26-14-17-36(18-15-26)16-6-9-24-7-4-3-5-8-24/h3-20,29-31,35,42H,2,21-28H2,1H3;3-13,21-23,26,33H,2,14-20H2,1H3,(H,35,37)/p+1/b15-9+,16-10+;9-6+. The first-order valence-electron chi connectivity index (χ1n) is 31.6. The maximum absolute atomic E-state index is 12.6. The number of aromatic amines is 2. The van der Waals surface area contributed by atoms with E-state index in [2.05, 4.69) is 227 Å². The average molecular weight is 1160 g/mol. The molecule has 0 radical (unpaired) electrons. The number of hydrogen-bond donors (Lipinski definition) is 2. The van der Waals surface area contributed by atoms with Crippen LogP contribution in [0.2, 0.25) is 0 Å². The third-order valence-electron chi connectivity index (χ3n) is 18.4. The van der Waals surface area contributed by atoms with Crippen molar-refractivity contribution in [1.29, 1.82) is 0 Å². The Morgan fingerprint density at radius 1 is 0.460 bits per heavy atom. The largest absolute Gasteiger partial charge is 0.486 e. The number of rotatable bonds is 17. The Kier molecular flexibility index (Phi) is 18.7. The summed E-state index contributed by atoms with van der Waals surface area (Å²) in [6.45, 7) is 13.7. The van der Waals surface area contributed by atoms with E-state index >= 15 is 0 Å². The fraction of sp³-hybridized carbons (Fsp3) is 0.299. The summed E-state index contributed by atoms with van der Waals surface area (Å²) < 4.78 is 24.8. The molecule has 2 fully saturated rings. The molecule has 0 aliphatic carbocycles. The van der Waals surface area contributed by atoms with E-state index in [0.29, 0.717) is 44.7 Å². The van der Waals surface area contributed by atoms with Gasteiger partial charge in [0.2, 0.25) is 0 Å². The molecule has 2 aromatic heterocycles. The molecule has 4 aliphatic rings. The predicted molar refractivity (Wildman–Crippen MR) is 354 cm³/mol. The van der Waals surface area contributed by atoms with Gasteiger partial charge in [0.25, 0.3) is 11.1 Å². The first-order chi connectivity index (χ1) is 42.8. The third kappa shape index (κ3) is 14.3. The summed E-state index contributed by atoms with van der Waals surface area (Å²) in [6.07, 6.45) is 19.7. The Hall–Kier alpha value is -8.70. The van der Waals surface area contributed by atoms with Gasteiger partial charge in [-0.1, -0.05) is 153 Å². The van der Waals surface area contributed by atoms with Crippen LogP contribution in [0.15, 0.2) is 204 Å². The molecule has 7 aromatic carbocycles. The van der Waals surface area contributed by atoms with E-state index in [0.717, 1.165) is 138 Å². The van der Waals surface area contributed by atoms with Crippen molar-refractivity contribution in [3.63, 3.8) is 0 Å². The molecule has 0 bridgehead atoms. The molecule has 444 valence electrons. The molecule has 2 N–H and O–H groups in total. The van der Waals surface area contributed by atoms with Crippen molar-refractivity contribution in [3.05, 3.63) is 265 Å². The van der Waals surface area contributed by atoms with Gasteiger partial charge in [-0.3, -0.25) is 14.5 Å². The number of piperidine rings is 2. The molecule has 0 saturated carbocycles. The van der Waals surface area contributed by atoms with Gasteiger partial charge in [0.1, 0.15) is 26.4 Å². The average Bonchev–Trinajstić information content (AvgIpc) is 1.72. The van der Waals surface area contributed by atoms with Gasteiger partial charge in [-0.2, -0.15) is 0 Å². The van der Waals surface area contributed by atoms with Gasteiger partial charge < -0.3 is 33.4 Å². The lowest BCUT2D eigenvalue weighted by Crippen LogP contribution is -2.53. The lowest BCUT2D eigenvalue weighted by Gasteiger charge is -2.44. The number of hydrogen-bond acceptors (Lipinski definition) is 7. The highest BCUT2D eigenvalue weighted by Gasteiger charge is 2.38. The zero-order valence-electron chi connectivity index (χ0n) is 50.4. The molecular formula is C77H81N4O6+. The van der Waals surface area contributed by atoms with E-state index in [9.17, 15) is 9.59 Å². The van der Waals surface area contributed by atoms with Crippen molar-refractivity contribution >= 4 is 40.0 Å². The first-order valence-corrected chi connectivity index (χ1v) is 31.6. The van der Waals surface area contributed by atoms with E-state index in [1.54, 1.807) is 0 Å². The van der Waals surface area contributed by atoms with Crippen molar-refractivity contribution < 1.29 is 23.4 Å². The Morgan fingerprint density at radius 3 is 1.29 bits per heavy atom. The van der Waals surface area contributed by atoms with Crippen LogP contribution in [-0.2, 0) is 12.8 Å². The fourth-order valence-corrected chi connectivity index (χ4v) is 13.7. The van der Waals surface area contributed by atoms with E-state index in [-0.39, 0.29) is 23.0 Å². The van der Waals surface area contributed by atoms with Crippen LogP contribution in [0, 0.1) is 11.8 Å². The lowest BCUT2D eigenvalue weighted by molar-refractivity contribution is -0.922. The number of fused-ring (bicyclic) bond motifs is 4. The van der Waals surface area contributed by atoms with Crippen LogP contribution < -0.4 is 30.1 Å². The van der Waals surface area contributed by atoms with Crippen LogP contribution in [-0.4, -0.2) is 91.6 Å². The van der Waals surface area contributed by atoms with Gasteiger partial charge in [-0.05, 0) is 173 Å². The van der Waals surface area contributed by atoms with Gasteiger partial charge in [0.15, 0.2) is 23.0 Å². The van der Waals surface area contributed by atoms with Gasteiger partial charge in [-0.15, -0.1) is 0 Å². The maximum atomic E-state index is 12.6. The third-order valence-corrected chi connectivity index (χ3v) is 18.4. The van der Waals surface area contributed by atoms with Crippen LogP contribution in [0.5, 0.6) is 23.0 Å². The normalized spacial score (nSPS) is 16.9. The Morgan fingerprint density at radius 2 is 0.851 bits per heavy atom. The number of aryl methyl sites for hydroxylation is 2. The number of pyridine rings is 2. The molecule has 10 nitrogen and oxygen atoms in total. The second kappa shape index (κ2) is 27.8. The number of nitrogens with zero attached hydrogens (tertiary/aromatic N) is 2. The smallest absolute Gasteiger partial charge is 0.251 e. The second-order valence-corrected chi connectivity index (χ2v) is 24.0. The van der Waals surface area contributed by atoms with Crippen LogP contribution >= 0.6 is 0 Å². The SMILES string of the molecule is CCc1cc2cc(C(c3ccc4c(c3)OCCO4)C3CCN(C/C=C/c4ccccc4)CC3)ccc2[nH]c1=O.CCc1cc2cc(C(c3ccc4c(c3)OCCO4)C3CC[N+](C/C=C/c4ccccc4)(C/C=C/c4ccccc4)CC3)ccc2[nH]c1=O. The van der Waals surface area contributed by atoms with Crippen molar-refractivity contribution in [2.45, 2.75) is 64.2 Å². The Bertz CT molecular complexity index is 3930. The van der Waals surface area contributed by atoms with E-state index < -0.39 is 0 Å². The van der Waals surface area contributed by atoms with Crippen LogP contribution in [0.25, 0.3) is 40.0 Å². The van der Waals surface area contributed by atoms with Crippen molar-refractivity contribution in [3.8, 4) is 23.0 Å². The fourth-order valence-electron chi connectivity index (χ4n) is 13.7. The van der Waals surface area contributed by atoms with Crippen molar-refractivity contribution in [2.24, 2.45) is 11.8 Å². The molecule has 10 heteroatoms. The molecule has 9 aromatic rings. The number of aromatic nitrogens is 2. The van der Waals surface area contributed by atoms with E-state index in [1.165, 1.54) is 38.9 Å². The molecular weight excluding hydrogens is 1080 g/mol. The number of H-pyrrole nitrogens is 2. The zero-order valence-corrected chi connectivity index (χ0v) is 50.4. The van der Waals surface area contributed by atoms with Crippen LogP contribution in [0.1, 0.15) is 101 Å². The highest BCUT2D eigenvalue weighted by molar-refractivity contribution is 5.81. The topological polar surface area (TPSA) is 106 Å². The van der Waals surface area contributed by atoms with Crippen LogP contribution in [0.3, 0.4) is 0 Å². The monoisotopic (exact) mass is 1160 g/mol. The number of nitrogens with one attached hydrogen (secondary N) is 2. The highest BCUT2D eigenvalue weighted by Crippen LogP contribution is 2.45. The highest BCUT2D eigenvalue weighted by atomic mass is 16.6. The quantitative estimate of drug-likeness (QED) is 0.0875. The number of likely N-dealkylation sites (tertiary alicyclic amines) is 2. The van der Waals surface area contributed by atoms with Crippen molar-refractivity contribution in [2.75, 3.05) is 72.2 Å². The summed E-state index contributed by atoms with van der Waals surface area (Å²) in [5.74, 6) is 4.72. The molecule has 6 heterocycles. The summed E-state index contributed by atoms with van der Waals surface area (Å²) in [5, 5.41) is 2.18. The minimum absolute atomic E-state index is 0.00477. The maximum Gasteiger partial charge on any atom is 0.251 e. The summed E-state index contributed by atoms with van der Waals surface area (Å²) in [7, 11) is 0. The predicted octanol–water partition coefficient (Wildman–Crippen LogP) is 15.1. The zero-order chi connectivity index (χ0) is 59.4. The minimum Gasteiger partial charge on any atom is -0.486 e. The van der Waals surface area contributed by atoms with E-state index in [1.807, 2.05) is 13.8 Å². The number of ether oxygens (including phenoxy) is 4. The van der Waals surface area contributed by atoms with Gasteiger partial charge in [-0.25, -0.2) is 0 Å². The summed E-state index contributed by atoms with van der Waals surface area (Å²) >= 11 is 0. The molecule has 2 atom stereocenters. The molecule has 2 saturated heterocycles. The van der Waals surface area contributed by atoms with Crippen molar-refractivity contribution in [1.82, 2.24) is 14.9 Å². The summed E-state index contributed by atoms with van der Waals surface area (Å²) in [5.41, 5.74) is 12.3. The minimum atomic E-state index is 0.00477. The molecule has 0 amide bonds. The molecule has 87 heavy (non-hydrogen) atoms. The van der Waals surface area contributed by atoms with Gasteiger partial charge >= 0.3 is 0 Å². The number of benzene rings is 7. The van der Waals surface area contributed by atoms with E-state index in [4.69, 9.17) is 18.9 Å². The number of quaternary nitrogens is 1. The Labute approximate surface area is 512 Å². The molecule has 4 aliphatic heterocycles. The second-order valence-electron chi connectivity index (χ2n) is 24.0. The molecule has 0 spiro atoms. The summed E-state index contributed by atoms with van der Waals surface area (Å²) in [4.78, 5) is 33.7. The first kappa shape index (κ1) is 58.7. The van der Waals surface area contributed by atoms with Gasteiger partial charge in [0, 0.05) is 53.4 Å². The van der Waals surface area contributed by atoms with Crippen LogP contribution in [0.4, 0.5) is 0 Å². The lowest BCUT2D eigenvalue weighted by atomic mass is 9.75. The summed E-state index contributed by atoms with van der Waals surface area (Å²) in [6, 6.07) is 62.0. The molecule has 13 rings (SSSR count). The molecule has 2 unspecified atom stereocenters.